The van der Waals surface area contributed by atoms with E-state index in [2.05, 4.69) is 15.0 Å². The molecule has 0 aliphatic rings. The molecule has 1 amide bonds. The van der Waals surface area contributed by atoms with E-state index in [4.69, 9.17) is 0 Å². The fraction of sp³-hybridized carbons (Fsp3) is 0.158. The summed E-state index contributed by atoms with van der Waals surface area (Å²) in [5.41, 5.74) is -0.534. The van der Waals surface area contributed by atoms with Gasteiger partial charge in [-0.05, 0) is 48.9 Å². The van der Waals surface area contributed by atoms with E-state index in [-0.39, 0.29) is 16.4 Å². The maximum absolute atomic E-state index is 12.8. The average Bonchev–Trinajstić information content (AvgIpc) is 3.07. The topological polar surface area (TPSA) is 93.1 Å². The highest BCUT2D eigenvalue weighted by Crippen LogP contribution is 2.31. The molecule has 3 rings (SSSR count). The summed E-state index contributed by atoms with van der Waals surface area (Å²) < 4.78 is 67.5. The van der Waals surface area contributed by atoms with Gasteiger partial charge in [0.15, 0.2) is 5.82 Å². The number of nitrogens with one attached hydrogen (secondary N) is 2. The molecule has 3 aromatic rings. The molecule has 0 fully saturated rings. The Bertz CT molecular complexity index is 1200. The molecule has 30 heavy (non-hydrogen) atoms. The highest BCUT2D eigenvalue weighted by molar-refractivity contribution is 7.92. The Morgan fingerprint density at radius 1 is 1.10 bits per heavy atom. The lowest BCUT2D eigenvalue weighted by Crippen LogP contribution is -2.18. The second kappa shape index (κ2) is 7.82. The number of anilines is 2. The molecule has 0 aliphatic heterocycles. The fourth-order valence-electron chi connectivity index (χ4n) is 2.77. The number of imidazole rings is 1. The van der Waals surface area contributed by atoms with Gasteiger partial charge in [0, 0.05) is 30.8 Å². The summed E-state index contributed by atoms with van der Waals surface area (Å²) in [6, 6.07) is 8.00. The number of sulfonamides is 1. The minimum Gasteiger partial charge on any atom is -0.330 e. The molecule has 0 saturated heterocycles. The maximum atomic E-state index is 12.8. The van der Waals surface area contributed by atoms with Crippen molar-refractivity contribution in [3.63, 3.8) is 0 Å². The predicted molar refractivity (Wildman–Crippen MR) is 105 cm³/mol. The van der Waals surface area contributed by atoms with Crippen LogP contribution in [0.25, 0.3) is 0 Å². The Kier molecular flexibility index (Phi) is 5.57. The van der Waals surface area contributed by atoms with Crippen molar-refractivity contribution in [2.45, 2.75) is 18.0 Å². The number of halogens is 3. The van der Waals surface area contributed by atoms with Crippen LogP contribution < -0.4 is 10.0 Å². The zero-order valence-corrected chi connectivity index (χ0v) is 16.7. The Morgan fingerprint density at radius 3 is 2.43 bits per heavy atom. The lowest BCUT2D eigenvalue weighted by molar-refractivity contribution is -0.137. The first kappa shape index (κ1) is 21.4. The van der Waals surface area contributed by atoms with Crippen molar-refractivity contribution in [3.05, 3.63) is 71.8 Å². The highest BCUT2D eigenvalue weighted by Gasteiger charge is 2.31. The molecular weight excluding hydrogens is 421 g/mol. The molecule has 0 aliphatic carbocycles. The summed E-state index contributed by atoms with van der Waals surface area (Å²) in [6.07, 6.45) is -1.52. The van der Waals surface area contributed by atoms with Gasteiger partial charge in [0.05, 0.1) is 10.5 Å². The Morgan fingerprint density at radius 2 is 1.83 bits per heavy atom. The van der Waals surface area contributed by atoms with Crippen LogP contribution in [0.3, 0.4) is 0 Å². The van der Waals surface area contributed by atoms with Gasteiger partial charge in [-0.2, -0.15) is 13.2 Å². The van der Waals surface area contributed by atoms with Crippen LogP contribution in [0.4, 0.5) is 24.5 Å². The minimum atomic E-state index is -4.59. The van der Waals surface area contributed by atoms with Crippen molar-refractivity contribution in [2.24, 2.45) is 7.05 Å². The van der Waals surface area contributed by atoms with Crippen molar-refractivity contribution in [1.29, 1.82) is 0 Å². The lowest BCUT2D eigenvalue weighted by Gasteiger charge is -2.13. The van der Waals surface area contributed by atoms with Gasteiger partial charge in [0.1, 0.15) is 0 Å². The van der Waals surface area contributed by atoms with Crippen LogP contribution in [0.2, 0.25) is 0 Å². The zero-order valence-electron chi connectivity index (χ0n) is 15.9. The van der Waals surface area contributed by atoms with Gasteiger partial charge in [0.2, 0.25) is 0 Å². The molecule has 11 heteroatoms. The molecule has 0 spiro atoms. The third-order valence-electron chi connectivity index (χ3n) is 4.19. The highest BCUT2D eigenvalue weighted by atomic mass is 32.2. The van der Waals surface area contributed by atoms with Gasteiger partial charge in [-0.25, -0.2) is 13.4 Å². The van der Waals surface area contributed by atoms with E-state index in [1.165, 1.54) is 42.0 Å². The van der Waals surface area contributed by atoms with E-state index >= 15 is 0 Å². The fourth-order valence-corrected chi connectivity index (χ4v) is 4.05. The number of nitrogens with zero attached hydrogens (tertiary/aromatic N) is 2. The van der Waals surface area contributed by atoms with E-state index in [9.17, 15) is 26.4 Å². The number of rotatable bonds is 5. The SMILES string of the molecule is Cc1cc(NC(=O)c2nccn2C)ccc1S(=O)(=O)Nc1cccc(C(F)(F)F)c1. The summed E-state index contributed by atoms with van der Waals surface area (Å²) in [5, 5.41) is 2.62. The maximum Gasteiger partial charge on any atom is 0.416 e. The molecule has 1 heterocycles. The lowest BCUT2D eigenvalue weighted by atomic mass is 10.2. The number of aromatic nitrogens is 2. The number of aryl methyl sites for hydroxylation is 2. The van der Waals surface area contributed by atoms with Gasteiger partial charge >= 0.3 is 6.18 Å². The first-order valence-electron chi connectivity index (χ1n) is 8.57. The van der Waals surface area contributed by atoms with E-state index in [0.717, 1.165) is 12.1 Å². The molecule has 0 atom stereocenters. The molecular formula is C19H17F3N4O3S. The quantitative estimate of drug-likeness (QED) is 0.634. The Labute approximate surface area is 170 Å². The molecule has 7 nitrogen and oxygen atoms in total. The third-order valence-corrected chi connectivity index (χ3v) is 5.73. The van der Waals surface area contributed by atoms with Gasteiger partial charge in [-0.15, -0.1) is 0 Å². The van der Waals surface area contributed by atoms with Crippen LogP contribution in [0, 0.1) is 6.92 Å². The largest absolute Gasteiger partial charge is 0.416 e. The minimum absolute atomic E-state index is 0.130. The molecule has 1 aromatic heterocycles. The van der Waals surface area contributed by atoms with Crippen LogP contribution in [0.5, 0.6) is 0 Å². The zero-order chi connectivity index (χ0) is 22.1. The number of carbonyl (C=O) groups is 1. The monoisotopic (exact) mass is 438 g/mol. The molecule has 0 bridgehead atoms. The van der Waals surface area contributed by atoms with Crippen molar-refractivity contribution >= 4 is 27.3 Å². The Balaban J connectivity index is 1.82. The van der Waals surface area contributed by atoms with Crippen molar-refractivity contribution in [2.75, 3.05) is 10.0 Å². The van der Waals surface area contributed by atoms with Crippen LogP contribution in [-0.4, -0.2) is 23.9 Å². The second-order valence-electron chi connectivity index (χ2n) is 6.48. The third kappa shape index (κ3) is 4.62. The summed E-state index contributed by atoms with van der Waals surface area (Å²) in [6.45, 7) is 1.51. The second-order valence-corrected chi connectivity index (χ2v) is 8.13. The predicted octanol–water partition coefficient (Wildman–Crippen LogP) is 3.80. The number of hydrogen-bond donors (Lipinski definition) is 2. The van der Waals surface area contributed by atoms with Crippen molar-refractivity contribution in [1.82, 2.24) is 9.55 Å². The number of carbonyl (C=O) groups excluding carboxylic acids is 1. The van der Waals surface area contributed by atoms with E-state index in [1.54, 1.807) is 13.2 Å². The first-order chi connectivity index (χ1) is 14.0. The number of hydrogen-bond acceptors (Lipinski definition) is 4. The van der Waals surface area contributed by atoms with Crippen LogP contribution in [0.1, 0.15) is 21.7 Å². The summed E-state index contributed by atoms with van der Waals surface area (Å²) in [4.78, 5) is 16.0. The van der Waals surface area contributed by atoms with Crippen LogP contribution in [-0.2, 0) is 23.2 Å². The number of alkyl halides is 3. The van der Waals surface area contributed by atoms with Gasteiger partial charge in [-0.1, -0.05) is 6.07 Å². The standard InChI is InChI=1S/C19H17F3N4O3S/c1-12-10-14(24-18(27)17-23-8-9-26(17)2)6-7-16(12)30(28,29)25-15-5-3-4-13(11-15)19(20,21)22/h3-11,25H,1-2H3,(H,24,27). The normalized spacial score (nSPS) is 11.9. The van der Waals surface area contributed by atoms with Crippen LogP contribution >= 0.6 is 0 Å². The molecule has 0 radical (unpaired) electrons. The summed E-state index contributed by atoms with van der Waals surface area (Å²) in [7, 11) is -2.49. The average molecular weight is 438 g/mol. The smallest absolute Gasteiger partial charge is 0.330 e. The summed E-state index contributed by atoms with van der Waals surface area (Å²) >= 11 is 0. The van der Waals surface area contributed by atoms with E-state index in [1.807, 2.05) is 0 Å². The molecule has 2 N–H and O–H groups in total. The van der Waals surface area contributed by atoms with E-state index < -0.39 is 27.7 Å². The Hall–Kier alpha value is -3.34. The van der Waals surface area contributed by atoms with Crippen LogP contribution in [0.15, 0.2) is 59.8 Å². The van der Waals surface area contributed by atoms with E-state index in [0.29, 0.717) is 17.3 Å². The first-order valence-corrected chi connectivity index (χ1v) is 10.0. The van der Waals surface area contributed by atoms with Gasteiger partial charge in [-0.3, -0.25) is 9.52 Å². The number of amides is 1. The molecule has 0 unspecified atom stereocenters. The van der Waals surface area contributed by atoms with Gasteiger partial charge in [0.25, 0.3) is 15.9 Å². The molecule has 2 aromatic carbocycles. The summed E-state index contributed by atoms with van der Waals surface area (Å²) in [5.74, 6) is -0.296. The number of benzene rings is 2. The van der Waals surface area contributed by atoms with Crippen molar-refractivity contribution < 1.29 is 26.4 Å². The van der Waals surface area contributed by atoms with Crippen molar-refractivity contribution in [3.8, 4) is 0 Å². The van der Waals surface area contributed by atoms with Gasteiger partial charge < -0.3 is 9.88 Å². The molecule has 158 valence electrons. The molecule has 0 saturated carbocycles.